The van der Waals surface area contributed by atoms with Gasteiger partial charge in [0.05, 0.1) is 18.3 Å². The normalized spacial score (nSPS) is 22.3. The summed E-state index contributed by atoms with van der Waals surface area (Å²) in [5.74, 6) is 1.35. The quantitative estimate of drug-likeness (QED) is 0.867. The second-order valence-electron chi connectivity index (χ2n) is 5.66. The first-order chi connectivity index (χ1) is 10.3. The van der Waals surface area contributed by atoms with Gasteiger partial charge in [-0.05, 0) is 54.3 Å². The van der Waals surface area contributed by atoms with Gasteiger partial charge in [0.2, 0.25) is 0 Å². The Morgan fingerprint density at radius 1 is 1.24 bits per heavy atom. The second kappa shape index (κ2) is 6.78. The average Bonchev–Trinajstić information content (AvgIpc) is 2.97. The van der Waals surface area contributed by atoms with Crippen molar-refractivity contribution in [1.29, 1.82) is 0 Å². The number of benzene rings is 1. The molecule has 6 heteroatoms. The molecule has 0 amide bonds. The van der Waals surface area contributed by atoms with Crippen LogP contribution in [-0.4, -0.2) is 38.0 Å². The van der Waals surface area contributed by atoms with E-state index in [0.717, 1.165) is 37.3 Å². The van der Waals surface area contributed by atoms with Crippen LogP contribution in [0.15, 0.2) is 30.3 Å². The molecule has 6 nitrogen and oxygen atoms in total. The Kier molecular flexibility index (Phi) is 4.57. The van der Waals surface area contributed by atoms with Crippen molar-refractivity contribution < 1.29 is 5.11 Å². The highest BCUT2D eigenvalue weighted by molar-refractivity contribution is 5.30. The van der Waals surface area contributed by atoms with E-state index in [-0.39, 0.29) is 6.10 Å². The molecule has 3 rings (SSSR count). The molecule has 1 heterocycles. The molecule has 0 spiro atoms. The van der Waals surface area contributed by atoms with E-state index in [1.54, 1.807) is 4.68 Å². The van der Waals surface area contributed by atoms with Gasteiger partial charge in [-0.25, -0.2) is 0 Å². The summed E-state index contributed by atoms with van der Waals surface area (Å²) in [6.07, 6.45) is 4.03. The Morgan fingerprint density at radius 3 is 2.90 bits per heavy atom. The van der Waals surface area contributed by atoms with Crippen molar-refractivity contribution in [2.45, 2.75) is 38.3 Å². The van der Waals surface area contributed by atoms with Gasteiger partial charge in [-0.3, -0.25) is 0 Å². The predicted octanol–water partition coefficient (Wildman–Crippen LogP) is 1.30. The molecule has 0 saturated heterocycles. The maximum Gasteiger partial charge on any atom is 0.170 e. The molecule has 2 aromatic rings. The largest absolute Gasteiger partial charge is 0.393 e. The molecule has 1 fully saturated rings. The Bertz CT molecular complexity index is 556. The number of aliphatic hydroxyl groups is 1. The highest BCUT2D eigenvalue weighted by Gasteiger charge is 2.19. The zero-order valence-corrected chi connectivity index (χ0v) is 12.0. The fourth-order valence-electron chi connectivity index (χ4n) is 2.92. The fourth-order valence-corrected chi connectivity index (χ4v) is 2.92. The molecule has 2 atom stereocenters. The molecule has 0 bridgehead atoms. The van der Waals surface area contributed by atoms with Gasteiger partial charge in [-0.15, -0.1) is 5.10 Å². The van der Waals surface area contributed by atoms with Crippen LogP contribution in [0.5, 0.6) is 0 Å². The predicted molar refractivity (Wildman–Crippen MR) is 78.8 cm³/mol. The maximum absolute atomic E-state index is 9.69. The van der Waals surface area contributed by atoms with E-state index in [1.807, 2.05) is 30.3 Å². The third-order valence-electron chi connectivity index (χ3n) is 4.01. The van der Waals surface area contributed by atoms with Crippen LogP contribution in [-0.2, 0) is 6.54 Å². The van der Waals surface area contributed by atoms with Gasteiger partial charge in [0, 0.05) is 0 Å². The summed E-state index contributed by atoms with van der Waals surface area (Å²) in [7, 11) is 0. The molecule has 1 aliphatic rings. The first-order valence-corrected chi connectivity index (χ1v) is 7.54. The van der Waals surface area contributed by atoms with Gasteiger partial charge in [-0.2, -0.15) is 4.68 Å². The van der Waals surface area contributed by atoms with Gasteiger partial charge in [-0.1, -0.05) is 24.6 Å². The summed E-state index contributed by atoms with van der Waals surface area (Å²) in [6, 6.07) is 9.88. The lowest BCUT2D eigenvalue weighted by Gasteiger charge is -2.25. The smallest absolute Gasteiger partial charge is 0.170 e. The van der Waals surface area contributed by atoms with Gasteiger partial charge in [0.15, 0.2) is 5.82 Å². The lowest BCUT2D eigenvalue weighted by atomic mass is 9.87. The summed E-state index contributed by atoms with van der Waals surface area (Å²) in [5.41, 5.74) is 0.965. The number of rotatable bonds is 5. The summed E-state index contributed by atoms with van der Waals surface area (Å²) in [5, 5.41) is 25.0. The second-order valence-corrected chi connectivity index (χ2v) is 5.66. The van der Waals surface area contributed by atoms with E-state index >= 15 is 0 Å². The fraction of sp³-hybridized carbons (Fsp3) is 0.533. The molecule has 1 aromatic carbocycles. The zero-order valence-electron chi connectivity index (χ0n) is 12.0. The molecule has 1 saturated carbocycles. The molecule has 0 radical (unpaired) electrons. The molecular weight excluding hydrogens is 266 g/mol. The first kappa shape index (κ1) is 14.2. The van der Waals surface area contributed by atoms with Crippen LogP contribution in [0, 0.1) is 5.92 Å². The van der Waals surface area contributed by atoms with Crippen LogP contribution in [0.4, 0.5) is 0 Å². The molecule has 0 aliphatic heterocycles. The number of tetrazole rings is 1. The van der Waals surface area contributed by atoms with E-state index in [0.29, 0.717) is 12.5 Å². The molecule has 2 unspecified atom stereocenters. The standard InChI is InChI=1S/C15H21N5O/c21-14-8-4-5-12(9-14)10-16-11-15-17-18-19-20(15)13-6-2-1-3-7-13/h1-3,6-7,12,14,16,21H,4-5,8-11H2. The third kappa shape index (κ3) is 3.65. The number of aromatic nitrogens is 4. The van der Waals surface area contributed by atoms with Crippen LogP contribution >= 0.6 is 0 Å². The Labute approximate surface area is 124 Å². The third-order valence-corrected chi connectivity index (χ3v) is 4.01. The van der Waals surface area contributed by atoms with Crippen LogP contribution in [0.1, 0.15) is 31.5 Å². The van der Waals surface area contributed by atoms with E-state index in [4.69, 9.17) is 0 Å². The lowest BCUT2D eigenvalue weighted by Crippen LogP contribution is -2.29. The molecule has 112 valence electrons. The number of nitrogens with one attached hydrogen (secondary N) is 1. The van der Waals surface area contributed by atoms with Crippen LogP contribution in [0.2, 0.25) is 0 Å². The average molecular weight is 287 g/mol. The topological polar surface area (TPSA) is 75.9 Å². The van der Waals surface area contributed by atoms with E-state index < -0.39 is 0 Å². The van der Waals surface area contributed by atoms with Crippen molar-refractivity contribution in [2.24, 2.45) is 5.92 Å². The number of nitrogens with zero attached hydrogens (tertiary/aromatic N) is 4. The van der Waals surface area contributed by atoms with Gasteiger partial charge < -0.3 is 10.4 Å². The first-order valence-electron chi connectivity index (χ1n) is 7.54. The van der Waals surface area contributed by atoms with E-state index in [1.165, 1.54) is 6.42 Å². The minimum absolute atomic E-state index is 0.125. The van der Waals surface area contributed by atoms with Crippen molar-refractivity contribution in [3.8, 4) is 5.69 Å². The minimum atomic E-state index is -0.125. The van der Waals surface area contributed by atoms with Crippen molar-refractivity contribution in [3.05, 3.63) is 36.2 Å². The summed E-state index contributed by atoms with van der Waals surface area (Å²) in [6.45, 7) is 1.53. The lowest BCUT2D eigenvalue weighted by molar-refractivity contribution is 0.100. The summed E-state index contributed by atoms with van der Waals surface area (Å²) >= 11 is 0. The monoisotopic (exact) mass is 287 g/mol. The van der Waals surface area contributed by atoms with Crippen molar-refractivity contribution in [1.82, 2.24) is 25.5 Å². The highest BCUT2D eigenvalue weighted by Crippen LogP contribution is 2.23. The Balaban J connectivity index is 1.55. The summed E-state index contributed by atoms with van der Waals surface area (Å²) < 4.78 is 1.75. The number of hydrogen-bond acceptors (Lipinski definition) is 5. The summed E-state index contributed by atoms with van der Waals surface area (Å²) in [4.78, 5) is 0. The zero-order chi connectivity index (χ0) is 14.5. The van der Waals surface area contributed by atoms with Crippen LogP contribution < -0.4 is 5.32 Å². The van der Waals surface area contributed by atoms with Crippen molar-refractivity contribution in [3.63, 3.8) is 0 Å². The minimum Gasteiger partial charge on any atom is -0.393 e. The molecule has 1 aliphatic carbocycles. The van der Waals surface area contributed by atoms with Gasteiger partial charge in [0.25, 0.3) is 0 Å². The Hall–Kier alpha value is -1.79. The maximum atomic E-state index is 9.69. The molecule has 21 heavy (non-hydrogen) atoms. The Morgan fingerprint density at radius 2 is 2.10 bits per heavy atom. The van der Waals surface area contributed by atoms with E-state index in [2.05, 4.69) is 20.8 Å². The number of para-hydroxylation sites is 1. The number of aliphatic hydroxyl groups excluding tert-OH is 1. The molecule has 1 aromatic heterocycles. The van der Waals surface area contributed by atoms with Crippen molar-refractivity contribution in [2.75, 3.05) is 6.54 Å². The number of hydrogen-bond donors (Lipinski definition) is 2. The molecular formula is C15H21N5O. The SMILES string of the molecule is OC1CCCC(CNCc2nnnn2-c2ccccc2)C1. The van der Waals surface area contributed by atoms with Gasteiger partial charge in [0.1, 0.15) is 0 Å². The van der Waals surface area contributed by atoms with E-state index in [9.17, 15) is 5.11 Å². The molecule has 2 N–H and O–H groups in total. The van der Waals surface area contributed by atoms with Crippen LogP contribution in [0.3, 0.4) is 0 Å². The van der Waals surface area contributed by atoms with Crippen LogP contribution in [0.25, 0.3) is 5.69 Å². The van der Waals surface area contributed by atoms with Crippen molar-refractivity contribution >= 4 is 0 Å². The van der Waals surface area contributed by atoms with Gasteiger partial charge >= 0.3 is 0 Å². The highest BCUT2D eigenvalue weighted by atomic mass is 16.3.